The van der Waals surface area contributed by atoms with Gasteiger partial charge in [-0.2, -0.15) is 0 Å². The van der Waals surface area contributed by atoms with Crippen molar-refractivity contribution in [3.8, 4) is 0 Å². The van der Waals surface area contributed by atoms with Crippen LogP contribution in [0.4, 0.5) is 0 Å². The van der Waals surface area contributed by atoms with Crippen LogP contribution in [0.5, 0.6) is 0 Å². The highest BCUT2D eigenvalue weighted by Gasteiger charge is 2.23. The fourth-order valence-electron chi connectivity index (χ4n) is 1.86. The van der Waals surface area contributed by atoms with Gasteiger partial charge in [0.25, 0.3) is 0 Å². The Morgan fingerprint density at radius 2 is 2.55 bits per heavy atom. The molecule has 1 heterocycles. The Hall–Kier alpha value is -0.170. The van der Waals surface area contributed by atoms with E-state index >= 15 is 0 Å². The highest BCUT2D eigenvalue weighted by molar-refractivity contribution is 8.03. The number of hydrogen-bond acceptors (Lipinski definition) is 1. The lowest BCUT2D eigenvalue weighted by molar-refractivity contribution is 0.640. The first-order valence-corrected chi connectivity index (χ1v) is 5.42. The third kappa shape index (κ3) is 1.26. The van der Waals surface area contributed by atoms with Crippen molar-refractivity contribution in [3.05, 3.63) is 22.6 Å². The van der Waals surface area contributed by atoms with Crippen LogP contribution in [-0.4, -0.2) is 5.75 Å². The molecule has 1 unspecified atom stereocenters. The summed E-state index contributed by atoms with van der Waals surface area (Å²) >= 11 is 2.05. The molecule has 0 amide bonds. The molecule has 0 aromatic heterocycles. The van der Waals surface area contributed by atoms with Gasteiger partial charge in [0.2, 0.25) is 0 Å². The molecular weight excluding hydrogens is 152 g/mol. The maximum Gasteiger partial charge on any atom is 0.00642 e. The van der Waals surface area contributed by atoms with Crippen LogP contribution in [0.15, 0.2) is 22.6 Å². The second kappa shape index (κ2) is 3.06. The molecule has 0 nitrogen and oxygen atoms in total. The van der Waals surface area contributed by atoms with Crippen molar-refractivity contribution >= 4 is 11.8 Å². The van der Waals surface area contributed by atoms with E-state index < -0.39 is 0 Å². The zero-order valence-electron chi connectivity index (χ0n) is 6.97. The predicted octanol–water partition coefficient (Wildman–Crippen LogP) is 3.36. The molecule has 2 aliphatic rings. The molecule has 1 heteroatoms. The molecule has 0 radical (unpaired) electrons. The van der Waals surface area contributed by atoms with Gasteiger partial charge in [0.15, 0.2) is 0 Å². The van der Waals surface area contributed by atoms with Gasteiger partial charge in [-0.15, -0.1) is 11.8 Å². The quantitative estimate of drug-likeness (QED) is 0.575. The Morgan fingerprint density at radius 3 is 3.36 bits per heavy atom. The van der Waals surface area contributed by atoms with Gasteiger partial charge in [-0.25, -0.2) is 0 Å². The Labute approximate surface area is 72.8 Å². The summed E-state index contributed by atoms with van der Waals surface area (Å²) in [6.07, 6.45) is 8.57. The van der Waals surface area contributed by atoms with Crippen LogP contribution in [-0.2, 0) is 0 Å². The average molecular weight is 166 g/mol. The number of rotatable bonds is 1. The number of allylic oxidation sites excluding steroid dienone is 3. The summed E-state index contributed by atoms with van der Waals surface area (Å²) in [6, 6.07) is 0. The van der Waals surface area contributed by atoms with Crippen molar-refractivity contribution in [3.63, 3.8) is 0 Å². The van der Waals surface area contributed by atoms with Crippen molar-refractivity contribution < 1.29 is 0 Å². The maximum absolute atomic E-state index is 2.32. The fourth-order valence-corrected chi connectivity index (χ4v) is 3.32. The average Bonchev–Trinajstić information content (AvgIpc) is 2.47. The topological polar surface area (TPSA) is 0 Å². The van der Waals surface area contributed by atoms with Gasteiger partial charge in [0, 0.05) is 10.7 Å². The predicted molar refractivity (Wildman–Crippen MR) is 51.6 cm³/mol. The van der Waals surface area contributed by atoms with Gasteiger partial charge in [0.05, 0.1) is 0 Å². The van der Waals surface area contributed by atoms with Crippen molar-refractivity contribution in [1.82, 2.24) is 0 Å². The van der Waals surface area contributed by atoms with E-state index in [4.69, 9.17) is 0 Å². The van der Waals surface area contributed by atoms with Crippen molar-refractivity contribution in [2.75, 3.05) is 5.75 Å². The lowest BCUT2D eigenvalue weighted by Gasteiger charge is -2.13. The van der Waals surface area contributed by atoms with Gasteiger partial charge in [-0.1, -0.05) is 24.6 Å². The van der Waals surface area contributed by atoms with E-state index in [0.717, 1.165) is 5.92 Å². The Balaban J connectivity index is 2.22. The second-order valence-corrected chi connectivity index (χ2v) is 4.31. The van der Waals surface area contributed by atoms with Gasteiger partial charge < -0.3 is 0 Å². The monoisotopic (exact) mass is 166 g/mol. The normalized spacial score (nSPS) is 29.4. The zero-order chi connectivity index (χ0) is 7.68. The molecule has 0 spiro atoms. The van der Waals surface area contributed by atoms with Crippen molar-refractivity contribution in [1.29, 1.82) is 0 Å². The highest BCUT2D eigenvalue weighted by Crippen LogP contribution is 2.42. The molecule has 0 N–H and O–H groups in total. The zero-order valence-corrected chi connectivity index (χ0v) is 7.79. The highest BCUT2D eigenvalue weighted by atomic mass is 32.2. The summed E-state index contributed by atoms with van der Waals surface area (Å²) in [7, 11) is 0. The van der Waals surface area contributed by atoms with Gasteiger partial charge >= 0.3 is 0 Å². The molecule has 1 atom stereocenters. The fraction of sp³-hybridized carbons (Fsp3) is 0.600. The molecule has 0 aromatic carbocycles. The van der Waals surface area contributed by atoms with Crippen LogP contribution in [0.1, 0.15) is 26.2 Å². The molecule has 1 aliphatic heterocycles. The van der Waals surface area contributed by atoms with Gasteiger partial charge in [0.1, 0.15) is 0 Å². The Bertz CT molecular complexity index is 213. The molecule has 60 valence electrons. The first-order chi connectivity index (χ1) is 5.42. The largest absolute Gasteiger partial charge is 0.126 e. The Morgan fingerprint density at radius 1 is 1.64 bits per heavy atom. The van der Waals surface area contributed by atoms with E-state index in [1.54, 1.807) is 10.5 Å². The van der Waals surface area contributed by atoms with Crippen LogP contribution in [0.3, 0.4) is 0 Å². The summed E-state index contributed by atoms with van der Waals surface area (Å²) in [6.45, 7) is 2.31. The third-order valence-corrected chi connectivity index (χ3v) is 3.87. The van der Waals surface area contributed by atoms with E-state index in [1.165, 1.54) is 25.0 Å². The van der Waals surface area contributed by atoms with Crippen LogP contribution in [0, 0.1) is 5.92 Å². The minimum absolute atomic E-state index is 0.903. The smallest absolute Gasteiger partial charge is 0.00642 e. The van der Waals surface area contributed by atoms with Crippen LogP contribution < -0.4 is 0 Å². The van der Waals surface area contributed by atoms with Crippen molar-refractivity contribution in [2.45, 2.75) is 26.2 Å². The lowest BCUT2D eigenvalue weighted by Crippen LogP contribution is -2.02. The lowest BCUT2D eigenvalue weighted by atomic mass is 9.92. The second-order valence-electron chi connectivity index (χ2n) is 3.25. The molecule has 0 saturated heterocycles. The SMILES string of the molecule is CCC1CSC2=C1CCC=C2. The van der Waals surface area contributed by atoms with Crippen molar-refractivity contribution in [2.24, 2.45) is 5.92 Å². The first-order valence-electron chi connectivity index (χ1n) is 4.44. The minimum Gasteiger partial charge on any atom is -0.126 e. The van der Waals surface area contributed by atoms with Gasteiger partial charge in [-0.3, -0.25) is 0 Å². The molecule has 0 saturated carbocycles. The molecule has 1 aliphatic carbocycles. The molecule has 0 fully saturated rings. The first kappa shape index (κ1) is 7.48. The molecular formula is C10H14S. The summed E-state index contributed by atoms with van der Waals surface area (Å²) in [5.41, 5.74) is 1.75. The van der Waals surface area contributed by atoms with Crippen LogP contribution >= 0.6 is 11.8 Å². The number of hydrogen-bond donors (Lipinski definition) is 0. The summed E-state index contributed by atoms with van der Waals surface area (Å²) < 4.78 is 0. The van der Waals surface area contributed by atoms with E-state index in [2.05, 4.69) is 30.8 Å². The molecule has 11 heavy (non-hydrogen) atoms. The minimum atomic E-state index is 0.903. The summed E-state index contributed by atoms with van der Waals surface area (Å²) in [5, 5.41) is 0. The van der Waals surface area contributed by atoms with E-state index in [9.17, 15) is 0 Å². The van der Waals surface area contributed by atoms with Gasteiger partial charge in [-0.05, 0) is 25.2 Å². The third-order valence-electron chi connectivity index (χ3n) is 2.59. The molecule has 0 bridgehead atoms. The Kier molecular flexibility index (Phi) is 2.08. The standard InChI is InChI=1S/C10H14S/c1-2-8-7-11-10-6-4-3-5-9(8)10/h4,6,8H,2-3,5,7H2,1H3. The molecule has 0 aromatic rings. The van der Waals surface area contributed by atoms with Crippen LogP contribution in [0.25, 0.3) is 0 Å². The summed E-state index contributed by atoms with van der Waals surface area (Å²) in [5.74, 6) is 2.24. The maximum atomic E-state index is 2.32. The summed E-state index contributed by atoms with van der Waals surface area (Å²) in [4.78, 5) is 1.59. The van der Waals surface area contributed by atoms with E-state index in [0.29, 0.717) is 0 Å². The molecule has 2 rings (SSSR count). The van der Waals surface area contributed by atoms with E-state index in [-0.39, 0.29) is 0 Å². The van der Waals surface area contributed by atoms with E-state index in [1.807, 2.05) is 0 Å². The number of thioether (sulfide) groups is 1. The van der Waals surface area contributed by atoms with Crippen LogP contribution in [0.2, 0.25) is 0 Å².